The van der Waals surface area contributed by atoms with Crippen molar-refractivity contribution >= 4 is 16.0 Å². The number of nitrogens with zero attached hydrogens (tertiary/aromatic N) is 3. The molecular formula is C17H19N3O5S. The maximum atomic E-state index is 12.7. The van der Waals surface area contributed by atoms with Gasteiger partial charge in [0.25, 0.3) is 0 Å². The minimum atomic E-state index is -3.61. The highest BCUT2D eigenvalue weighted by Gasteiger charge is 2.30. The zero-order valence-electron chi connectivity index (χ0n) is 14.2. The predicted octanol–water partition coefficient (Wildman–Crippen LogP) is 1.50. The molecule has 0 atom stereocenters. The van der Waals surface area contributed by atoms with Crippen LogP contribution in [0.1, 0.15) is 23.2 Å². The van der Waals surface area contributed by atoms with Crippen molar-refractivity contribution in [3.8, 4) is 5.88 Å². The number of methoxy groups -OCH3 is 1. The van der Waals surface area contributed by atoms with E-state index in [0.717, 1.165) is 0 Å². The largest absolute Gasteiger partial charge is 0.473 e. The number of ether oxygens (including phenoxy) is 2. The number of aromatic nitrogens is 2. The number of hydrogen-bond donors (Lipinski definition) is 0. The van der Waals surface area contributed by atoms with Crippen LogP contribution < -0.4 is 4.74 Å². The smallest absolute Gasteiger partial charge is 0.337 e. The molecule has 0 N–H and O–H groups in total. The number of piperidine rings is 1. The lowest BCUT2D eigenvalue weighted by Gasteiger charge is -2.31. The first-order chi connectivity index (χ1) is 12.5. The molecule has 3 rings (SSSR count). The second-order valence-electron chi connectivity index (χ2n) is 5.80. The predicted molar refractivity (Wildman–Crippen MR) is 92.2 cm³/mol. The molecule has 0 amide bonds. The Labute approximate surface area is 151 Å². The highest BCUT2D eigenvalue weighted by Crippen LogP contribution is 2.23. The number of esters is 1. The highest BCUT2D eigenvalue weighted by molar-refractivity contribution is 7.89. The van der Waals surface area contributed by atoms with Crippen molar-refractivity contribution in [3.63, 3.8) is 0 Å². The van der Waals surface area contributed by atoms with E-state index in [1.807, 2.05) is 0 Å². The van der Waals surface area contributed by atoms with E-state index in [4.69, 9.17) is 4.74 Å². The van der Waals surface area contributed by atoms with Crippen molar-refractivity contribution in [2.24, 2.45) is 0 Å². The number of benzene rings is 1. The molecular weight excluding hydrogens is 358 g/mol. The fourth-order valence-corrected chi connectivity index (χ4v) is 4.21. The molecule has 1 aromatic carbocycles. The van der Waals surface area contributed by atoms with E-state index in [2.05, 4.69) is 14.9 Å². The van der Waals surface area contributed by atoms with Gasteiger partial charge in [0.1, 0.15) is 6.10 Å². The van der Waals surface area contributed by atoms with Gasteiger partial charge < -0.3 is 9.47 Å². The average molecular weight is 377 g/mol. The molecule has 0 bridgehead atoms. The molecule has 0 unspecified atom stereocenters. The van der Waals surface area contributed by atoms with Gasteiger partial charge in [0.05, 0.1) is 17.6 Å². The number of sulfonamides is 1. The van der Waals surface area contributed by atoms with Crippen molar-refractivity contribution in [1.82, 2.24) is 14.5 Å². The molecule has 0 saturated carbocycles. The second kappa shape index (κ2) is 7.79. The summed E-state index contributed by atoms with van der Waals surface area (Å²) in [6.07, 6.45) is 2.60. The van der Waals surface area contributed by atoms with E-state index >= 15 is 0 Å². The lowest BCUT2D eigenvalue weighted by Crippen LogP contribution is -2.41. The van der Waals surface area contributed by atoms with Crippen LogP contribution in [0.3, 0.4) is 0 Å². The fourth-order valence-electron chi connectivity index (χ4n) is 2.74. The SMILES string of the molecule is COC(=O)c1ccc(S(=O)(=O)N2CCC(Oc3cccnn3)CC2)cc1. The van der Waals surface area contributed by atoms with E-state index in [-0.39, 0.29) is 11.0 Å². The van der Waals surface area contributed by atoms with Crippen LogP contribution in [0, 0.1) is 0 Å². The Kier molecular flexibility index (Phi) is 5.48. The summed E-state index contributed by atoms with van der Waals surface area (Å²) in [6, 6.07) is 9.19. The molecule has 2 heterocycles. The molecule has 0 spiro atoms. The van der Waals surface area contributed by atoms with Gasteiger partial charge in [0, 0.05) is 25.4 Å². The van der Waals surface area contributed by atoms with Gasteiger partial charge in [0.15, 0.2) is 0 Å². The lowest BCUT2D eigenvalue weighted by atomic mass is 10.1. The Morgan fingerprint density at radius 1 is 1.15 bits per heavy atom. The zero-order chi connectivity index (χ0) is 18.6. The van der Waals surface area contributed by atoms with Crippen molar-refractivity contribution in [3.05, 3.63) is 48.2 Å². The Morgan fingerprint density at radius 2 is 1.85 bits per heavy atom. The molecule has 1 aliphatic rings. The van der Waals surface area contributed by atoms with Gasteiger partial charge in [-0.25, -0.2) is 13.2 Å². The maximum Gasteiger partial charge on any atom is 0.337 e. The van der Waals surface area contributed by atoms with E-state index < -0.39 is 16.0 Å². The van der Waals surface area contributed by atoms with E-state index in [9.17, 15) is 13.2 Å². The molecule has 8 nitrogen and oxygen atoms in total. The monoisotopic (exact) mass is 377 g/mol. The first kappa shape index (κ1) is 18.3. The molecule has 2 aromatic rings. The quantitative estimate of drug-likeness (QED) is 0.728. The first-order valence-corrected chi connectivity index (χ1v) is 9.57. The normalized spacial score (nSPS) is 16.2. The van der Waals surface area contributed by atoms with Crippen molar-refractivity contribution in [2.45, 2.75) is 23.8 Å². The van der Waals surface area contributed by atoms with Crippen molar-refractivity contribution in [1.29, 1.82) is 0 Å². The minimum Gasteiger partial charge on any atom is -0.473 e. The summed E-state index contributed by atoms with van der Waals surface area (Å²) in [5.74, 6) is -0.0665. The fraction of sp³-hybridized carbons (Fsp3) is 0.353. The van der Waals surface area contributed by atoms with Gasteiger partial charge in [0.2, 0.25) is 15.9 Å². The summed E-state index contributed by atoms with van der Waals surface area (Å²) < 4.78 is 37.3. The summed E-state index contributed by atoms with van der Waals surface area (Å²) in [5.41, 5.74) is 0.308. The van der Waals surface area contributed by atoms with Crippen LogP contribution in [0.5, 0.6) is 5.88 Å². The van der Waals surface area contributed by atoms with Crippen LogP contribution >= 0.6 is 0 Å². The lowest BCUT2D eigenvalue weighted by molar-refractivity contribution is 0.0600. The molecule has 0 aliphatic carbocycles. The summed E-state index contributed by atoms with van der Waals surface area (Å²) >= 11 is 0. The molecule has 26 heavy (non-hydrogen) atoms. The number of carbonyl (C=O) groups excluding carboxylic acids is 1. The standard InChI is InChI=1S/C17H19N3O5S/c1-24-17(21)13-4-6-15(7-5-13)26(22,23)20-11-8-14(9-12-20)25-16-3-2-10-18-19-16/h2-7,10,14H,8-9,11-12H2,1H3. The highest BCUT2D eigenvalue weighted by atomic mass is 32.2. The molecule has 9 heteroatoms. The third-order valence-corrected chi connectivity index (χ3v) is 6.06. The van der Waals surface area contributed by atoms with Gasteiger partial charge in [-0.15, -0.1) is 5.10 Å². The third-order valence-electron chi connectivity index (χ3n) is 4.15. The molecule has 0 radical (unpaired) electrons. The number of rotatable bonds is 5. The van der Waals surface area contributed by atoms with Crippen LogP contribution in [0.2, 0.25) is 0 Å². The van der Waals surface area contributed by atoms with E-state index in [1.54, 1.807) is 18.3 Å². The third kappa shape index (κ3) is 4.00. The van der Waals surface area contributed by atoms with Gasteiger partial charge in [-0.2, -0.15) is 9.40 Å². The minimum absolute atomic E-state index is 0.0974. The Balaban J connectivity index is 1.63. The van der Waals surface area contributed by atoms with Crippen LogP contribution in [0.4, 0.5) is 0 Å². The average Bonchev–Trinajstić information content (AvgIpc) is 2.68. The summed E-state index contributed by atoms with van der Waals surface area (Å²) in [4.78, 5) is 11.6. The van der Waals surface area contributed by atoms with Gasteiger partial charge in [-0.1, -0.05) is 0 Å². The van der Waals surface area contributed by atoms with Gasteiger partial charge in [-0.3, -0.25) is 0 Å². The van der Waals surface area contributed by atoms with E-state index in [0.29, 0.717) is 37.4 Å². The van der Waals surface area contributed by atoms with E-state index in [1.165, 1.54) is 35.7 Å². The van der Waals surface area contributed by atoms with Gasteiger partial charge in [-0.05, 0) is 43.2 Å². The van der Waals surface area contributed by atoms with Crippen LogP contribution in [0.25, 0.3) is 0 Å². The topological polar surface area (TPSA) is 98.7 Å². The van der Waals surface area contributed by atoms with Crippen LogP contribution in [0.15, 0.2) is 47.5 Å². The maximum absolute atomic E-state index is 12.7. The molecule has 1 aliphatic heterocycles. The Bertz CT molecular complexity index is 848. The summed E-state index contributed by atoms with van der Waals surface area (Å²) in [7, 11) is -2.33. The van der Waals surface area contributed by atoms with Crippen LogP contribution in [-0.4, -0.2) is 55.2 Å². The zero-order valence-corrected chi connectivity index (χ0v) is 15.1. The number of hydrogen-bond acceptors (Lipinski definition) is 7. The number of carbonyl (C=O) groups is 1. The molecule has 1 aromatic heterocycles. The van der Waals surface area contributed by atoms with Gasteiger partial charge >= 0.3 is 5.97 Å². The van der Waals surface area contributed by atoms with Crippen LogP contribution in [-0.2, 0) is 14.8 Å². The molecule has 138 valence electrons. The summed E-state index contributed by atoms with van der Waals surface area (Å²) in [6.45, 7) is 0.706. The molecule has 1 fully saturated rings. The Morgan fingerprint density at radius 3 is 2.42 bits per heavy atom. The summed E-state index contributed by atoms with van der Waals surface area (Å²) in [5, 5.41) is 7.63. The Hall–Kier alpha value is -2.52. The molecule has 1 saturated heterocycles. The van der Waals surface area contributed by atoms with Crippen molar-refractivity contribution < 1.29 is 22.7 Å². The second-order valence-corrected chi connectivity index (χ2v) is 7.74. The first-order valence-electron chi connectivity index (χ1n) is 8.13. The van der Waals surface area contributed by atoms with Crippen molar-refractivity contribution in [2.75, 3.05) is 20.2 Å².